The van der Waals surface area contributed by atoms with Gasteiger partial charge in [-0.25, -0.2) is 4.79 Å². The minimum Gasteiger partial charge on any atom is -0.487 e. The lowest BCUT2D eigenvalue weighted by molar-refractivity contribution is 0.0558. The van der Waals surface area contributed by atoms with Crippen LogP contribution < -0.4 is 14.8 Å². The Balaban J connectivity index is 1.58. The molecule has 2 aromatic carbocycles. The van der Waals surface area contributed by atoms with Crippen LogP contribution in [0.3, 0.4) is 0 Å². The van der Waals surface area contributed by atoms with Crippen LogP contribution >= 0.6 is 0 Å². The predicted octanol–water partition coefficient (Wildman–Crippen LogP) is 10.5. The molecule has 0 unspecified atom stereocenters. The van der Waals surface area contributed by atoms with Gasteiger partial charge in [0.15, 0.2) is 0 Å². The summed E-state index contributed by atoms with van der Waals surface area (Å²) in [6, 6.07) is 9.37. The summed E-state index contributed by atoms with van der Waals surface area (Å²) in [6.45, 7) is 17.2. The molecule has 3 rings (SSSR count). The lowest BCUT2D eigenvalue weighted by Crippen LogP contribution is -2.37. The van der Waals surface area contributed by atoms with E-state index in [1.54, 1.807) is 0 Å². The van der Waals surface area contributed by atoms with Crippen molar-refractivity contribution >= 4 is 11.8 Å². The van der Waals surface area contributed by atoms with Crippen LogP contribution in [0.4, 0.5) is 10.5 Å². The SMILES string of the molecule is CC(C)=CCC/C(C)=C/CC/C(C)=C/CC[C@]1(C)CCc2c(C)c(OC(=O)Nc3ccccc3)c(C)c(C)c2O1. The van der Waals surface area contributed by atoms with Crippen molar-refractivity contribution < 1.29 is 14.3 Å². The van der Waals surface area contributed by atoms with Crippen molar-refractivity contribution in [3.05, 3.63) is 87.5 Å². The van der Waals surface area contributed by atoms with Crippen molar-refractivity contribution in [3.63, 3.8) is 0 Å². The van der Waals surface area contributed by atoms with Gasteiger partial charge in [0.25, 0.3) is 0 Å². The van der Waals surface area contributed by atoms with E-state index in [4.69, 9.17) is 9.47 Å². The molecule has 0 aliphatic carbocycles. The maximum Gasteiger partial charge on any atom is 0.417 e. The molecule has 0 radical (unpaired) electrons. The van der Waals surface area contributed by atoms with Crippen LogP contribution in [-0.4, -0.2) is 11.7 Å². The molecule has 1 aliphatic rings. The van der Waals surface area contributed by atoms with Crippen molar-refractivity contribution in [3.8, 4) is 11.5 Å². The second-order valence-corrected chi connectivity index (χ2v) is 11.9. The molecule has 0 aromatic heterocycles. The molecule has 216 valence electrons. The highest BCUT2D eigenvalue weighted by Crippen LogP contribution is 2.45. The average Bonchev–Trinajstić information content (AvgIpc) is 2.90. The highest BCUT2D eigenvalue weighted by atomic mass is 16.6. The quantitative estimate of drug-likeness (QED) is 0.287. The van der Waals surface area contributed by atoms with Gasteiger partial charge < -0.3 is 9.47 Å². The molecular formula is C36H49NO3. The van der Waals surface area contributed by atoms with E-state index < -0.39 is 6.09 Å². The molecule has 1 N–H and O–H groups in total. The molecule has 1 aliphatic heterocycles. The fraction of sp³-hybridized carbons (Fsp3) is 0.472. The molecule has 40 heavy (non-hydrogen) atoms. The number of amides is 1. The second kappa shape index (κ2) is 14.4. The van der Waals surface area contributed by atoms with Crippen molar-refractivity contribution in [2.45, 2.75) is 112 Å². The third-order valence-corrected chi connectivity index (χ3v) is 8.07. The standard InChI is InChI=1S/C36H49NO3/c1-25(2)15-12-16-26(3)17-13-18-27(4)19-14-23-36(8)24-22-32-30(7)33(28(5)29(6)34(32)40-36)39-35(38)37-31-20-10-9-11-21-31/h9-11,15,17,19-21H,12-14,16,18,22-24H2,1-8H3,(H,37,38)/b26-17+,27-19+/t36-/m1/s1. The molecular weight excluding hydrogens is 494 g/mol. The summed E-state index contributed by atoms with van der Waals surface area (Å²) in [5.41, 5.74) is 8.98. The summed E-state index contributed by atoms with van der Waals surface area (Å²) in [7, 11) is 0. The Hall–Kier alpha value is -3.27. The van der Waals surface area contributed by atoms with Gasteiger partial charge in [0, 0.05) is 11.3 Å². The maximum atomic E-state index is 12.6. The van der Waals surface area contributed by atoms with Gasteiger partial charge in [-0.2, -0.15) is 0 Å². The summed E-state index contributed by atoms with van der Waals surface area (Å²) >= 11 is 0. The van der Waals surface area contributed by atoms with E-state index in [0.29, 0.717) is 11.4 Å². The van der Waals surface area contributed by atoms with Crippen molar-refractivity contribution in [2.75, 3.05) is 5.32 Å². The molecule has 0 saturated heterocycles. The molecule has 2 aromatic rings. The zero-order valence-electron chi connectivity index (χ0n) is 26.0. The number of ether oxygens (including phenoxy) is 2. The Bertz CT molecular complexity index is 1260. The Morgan fingerprint density at radius 2 is 1.52 bits per heavy atom. The van der Waals surface area contributed by atoms with Crippen molar-refractivity contribution in [1.82, 2.24) is 0 Å². The average molecular weight is 544 g/mol. The zero-order chi connectivity index (χ0) is 29.3. The third kappa shape index (κ3) is 8.87. The first-order valence-electron chi connectivity index (χ1n) is 14.8. The molecule has 4 heteroatoms. The summed E-state index contributed by atoms with van der Waals surface area (Å²) in [6.07, 6.45) is 15.0. The van der Waals surface area contributed by atoms with E-state index in [-0.39, 0.29) is 5.60 Å². The highest BCUT2D eigenvalue weighted by Gasteiger charge is 2.34. The number of hydrogen-bond acceptors (Lipinski definition) is 3. The molecule has 1 amide bonds. The van der Waals surface area contributed by atoms with Gasteiger partial charge in [-0.15, -0.1) is 0 Å². The van der Waals surface area contributed by atoms with E-state index in [1.165, 1.54) is 16.7 Å². The molecule has 4 nitrogen and oxygen atoms in total. The number of anilines is 1. The molecule has 1 atom stereocenters. The number of carbonyl (C=O) groups is 1. The Kier molecular flexibility index (Phi) is 11.2. The van der Waals surface area contributed by atoms with Crippen LogP contribution in [0.25, 0.3) is 0 Å². The molecule has 0 fully saturated rings. The number of hydrogen-bond donors (Lipinski definition) is 1. The lowest BCUT2D eigenvalue weighted by atomic mass is 9.85. The van der Waals surface area contributed by atoms with Gasteiger partial charge in [0.2, 0.25) is 0 Å². The largest absolute Gasteiger partial charge is 0.487 e. The first-order valence-corrected chi connectivity index (χ1v) is 14.8. The number of rotatable bonds is 11. The number of allylic oxidation sites excluding steroid dienone is 6. The maximum absolute atomic E-state index is 12.6. The molecule has 0 spiro atoms. The van der Waals surface area contributed by atoms with Gasteiger partial charge in [0.05, 0.1) is 0 Å². The summed E-state index contributed by atoms with van der Waals surface area (Å²) in [5, 5.41) is 2.82. The number of carbonyl (C=O) groups excluding carboxylic acids is 1. The van der Waals surface area contributed by atoms with Gasteiger partial charge in [-0.05, 0) is 136 Å². The van der Waals surface area contributed by atoms with Gasteiger partial charge in [0.1, 0.15) is 17.1 Å². The number of fused-ring (bicyclic) bond motifs is 1. The minimum absolute atomic E-state index is 0.206. The first kappa shape index (κ1) is 31.3. The number of para-hydroxylation sites is 1. The third-order valence-electron chi connectivity index (χ3n) is 8.07. The first-order chi connectivity index (χ1) is 19.0. The Morgan fingerprint density at radius 1 is 0.900 bits per heavy atom. The van der Waals surface area contributed by atoms with Crippen LogP contribution in [0.1, 0.15) is 102 Å². The lowest BCUT2D eigenvalue weighted by Gasteiger charge is -2.38. The summed E-state index contributed by atoms with van der Waals surface area (Å²) in [4.78, 5) is 12.6. The number of nitrogens with one attached hydrogen (secondary N) is 1. The normalized spacial score (nSPS) is 17.1. The van der Waals surface area contributed by atoms with Gasteiger partial charge >= 0.3 is 6.09 Å². The van der Waals surface area contributed by atoms with Crippen LogP contribution in [0, 0.1) is 20.8 Å². The minimum atomic E-state index is -0.477. The topological polar surface area (TPSA) is 47.6 Å². The fourth-order valence-corrected chi connectivity index (χ4v) is 5.33. The van der Waals surface area contributed by atoms with Crippen LogP contribution in [-0.2, 0) is 6.42 Å². The zero-order valence-corrected chi connectivity index (χ0v) is 26.0. The monoisotopic (exact) mass is 543 g/mol. The van der Waals surface area contributed by atoms with E-state index >= 15 is 0 Å². The number of benzene rings is 2. The smallest absolute Gasteiger partial charge is 0.417 e. The molecule has 0 bridgehead atoms. The van der Waals surface area contributed by atoms with Gasteiger partial charge in [-0.3, -0.25) is 5.32 Å². The molecule has 1 heterocycles. The van der Waals surface area contributed by atoms with Crippen LogP contribution in [0.15, 0.2) is 65.3 Å². The van der Waals surface area contributed by atoms with E-state index in [0.717, 1.165) is 79.4 Å². The Labute approximate surface area is 242 Å². The molecule has 0 saturated carbocycles. The van der Waals surface area contributed by atoms with Crippen LogP contribution in [0.2, 0.25) is 0 Å². The van der Waals surface area contributed by atoms with Crippen molar-refractivity contribution in [2.24, 2.45) is 0 Å². The summed E-state index contributed by atoms with van der Waals surface area (Å²) < 4.78 is 12.5. The van der Waals surface area contributed by atoms with E-state index in [2.05, 4.69) is 65.1 Å². The predicted molar refractivity (Wildman–Crippen MR) is 169 cm³/mol. The van der Waals surface area contributed by atoms with E-state index in [9.17, 15) is 4.79 Å². The van der Waals surface area contributed by atoms with E-state index in [1.807, 2.05) is 44.2 Å². The summed E-state index contributed by atoms with van der Waals surface area (Å²) in [5.74, 6) is 1.60. The van der Waals surface area contributed by atoms with Crippen molar-refractivity contribution in [1.29, 1.82) is 0 Å². The Morgan fingerprint density at radius 3 is 2.17 bits per heavy atom. The van der Waals surface area contributed by atoms with Crippen LogP contribution in [0.5, 0.6) is 11.5 Å². The highest BCUT2D eigenvalue weighted by molar-refractivity contribution is 5.86. The fourth-order valence-electron chi connectivity index (χ4n) is 5.33. The van der Waals surface area contributed by atoms with Gasteiger partial charge in [-0.1, -0.05) is 53.1 Å². The second-order valence-electron chi connectivity index (χ2n) is 11.9.